The molecule has 3 fully saturated rings. The van der Waals surface area contributed by atoms with Gasteiger partial charge in [0.15, 0.2) is 0 Å². The summed E-state index contributed by atoms with van der Waals surface area (Å²) in [5.74, 6) is 0.447. The summed E-state index contributed by atoms with van der Waals surface area (Å²) in [5.41, 5.74) is -1.42. The van der Waals surface area contributed by atoms with E-state index in [0.29, 0.717) is 23.3 Å². The molecule has 0 aromatic heterocycles. The van der Waals surface area contributed by atoms with Crippen molar-refractivity contribution in [3.05, 3.63) is 34.9 Å². The fraction of sp³-hybridized carbons (Fsp3) is 0.778. The van der Waals surface area contributed by atoms with E-state index in [-0.39, 0.29) is 12.6 Å². The largest absolute Gasteiger partial charge is 0.422 e. The zero-order valence-electron chi connectivity index (χ0n) is 19.3. The summed E-state index contributed by atoms with van der Waals surface area (Å²) >= 11 is 0. The predicted octanol–water partition coefficient (Wildman–Crippen LogP) is 9.23. The quantitative estimate of drug-likeness (QED) is 0.373. The molecular weight excluding hydrogens is 438 g/mol. The maximum Gasteiger partial charge on any atom is 0.422 e. The molecule has 0 heterocycles. The Morgan fingerprint density at radius 1 is 0.636 bits per heavy atom. The Kier molecular flexibility index (Phi) is 8.00. The van der Waals surface area contributed by atoms with Crippen LogP contribution in [0.3, 0.4) is 0 Å². The van der Waals surface area contributed by atoms with Crippen LogP contribution in [0, 0.1) is 41.2 Å². The third-order valence-electron chi connectivity index (χ3n) is 9.15. The number of hydrogen-bond acceptors (Lipinski definition) is 0. The van der Waals surface area contributed by atoms with Crippen molar-refractivity contribution in [1.29, 1.82) is 0 Å². The minimum absolute atomic E-state index is 0.0663. The molecule has 0 nitrogen and oxygen atoms in total. The summed E-state index contributed by atoms with van der Waals surface area (Å²) in [6.07, 6.45) is 9.17. The van der Waals surface area contributed by atoms with E-state index in [1.54, 1.807) is 0 Å². The second kappa shape index (κ2) is 10.6. The summed E-state index contributed by atoms with van der Waals surface area (Å²) in [4.78, 5) is 0. The van der Waals surface area contributed by atoms with Crippen molar-refractivity contribution >= 4 is 0 Å². The minimum atomic E-state index is -5.02. The molecule has 6 heteroatoms. The lowest BCUT2D eigenvalue weighted by Crippen LogP contribution is -2.29. The van der Waals surface area contributed by atoms with Gasteiger partial charge in [-0.2, -0.15) is 13.2 Å². The summed E-state index contributed by atoms with van der Waals surface area (Å²) in [7, 11) is 0. The smallest absolute Gasteiger partial charge is 0.251 e. The highest BCUT2D eigenvalue weighted by Crippen LogP contribution is 2.47. The lowest BCUT2D eigenvalue weighted by Gasteiger charge is -2.41. The van der Waals surface area contributed by atoms with Crippen LogP contribution >= 0.6 is 0 Å². The van der Waals surface area contributed by atoms with Gasteiger partial charge in [0.25, 0.3) is 0 Å². The molecule has 1 aromatic carbocycles. The molecule has 0 bridgehead atoms. The first kappa shape index (κ1) is 24.9. The number of benzene rings is 1. The van der Waals surface area contributed by atoms with Gasteiger partial charge in [0.1, 0.15) is 17.2 Å². The Labute approximate surface area is 193 Å². The molecular formula is C27H36F6. The van der Waals surface area contributed by atoms with Crippen molar-refractivity contribution in [3.8, 4) is 0 Å². The zero-order chi connectivity index (χ0) is 23.6. The van der Waals surface area contributed by atoms with Crippen LogP contribution in [0.15, 0.2) is 12.1 Å². The molecule has 0 N–H and O–H groups in total. The third kappa shape index (κ3) is 5.90. The predicted molar refractivity (Wildman–Crippen MR) is 118 cm³/mol. The number of halogens is 6. The van der Waals surface area contributed by atoms with Crippen molar-refractivity contribution in [3.63, 3.8) is 0 Å². The Balaban J connectivity index is 1.25. The van der Waals surface area contributed by atoms with Gasteiger partial charge in [-0.15, -0.1) is 0 Å². The molecule has 1 aromatic rings. The van der Waals surface area contributed by atoms with E-state index in [4.69, 9.17) is 0 Å². The fourth-order valence-electron chi connectivity index (χ4n) is 7.21. The molecule has 0 spiro atoms. The molecule has 0 saturated heterocycles. The van der Waals surface area contributed by atoms with E-state index >= 15 is 0 Å². The van der Waals surface area contributed by atoms with Gasteiger partial charge in [-0.1, -0.05) is 12.8 Å². The van der Waals surface area contributed by atoms with Crippen molar-refractivity contribution in [2.75, 3.05) is 6.67 Å². The third-order valence-corrected chi connectivity index (χ3v) is 9.15. The minimum Gasteiger partial charge on any atom is -0.251 e. The van der Waals surface area contributed by atoms with Crippen molar-refractivity contribution in [2.24, 2.45) is 29.6 Å². The molecule has 0 aliphatic heterocycles. The molecule has 3 saturated carbocycles. The van der Waals surface area contributed by atoms with Crippen LogP contribution in [0.1, 0.15) is 101 Å². The Morgan fingerprint density at radius 3 is 1.42 bits per heavy atom. The number of hydrogen-bond donors (Lipinski definition) is 0. The summed E-state index contributed by atoms with van der Waals surface area (Å²) < 4.78 is 79.1. The molecule has 0 unspecified atom stereocenters. The van der Waals surface area contributed by atoms with Gasteiger partial charge in [0, 0.05) is 0 Å². The van der Waals surface area contributed by atoms with Crippen LogP contribution in [0.2, 0.25) is 0 Å². The maximum atomic E-state index is 14.0. The van der Waals surface area contributed by atoms with Gasteiger partial charge >= 0.3 is 6.18 Å². The van der Waals surface area contributed by atoms with Crippen molar-refractivity contribution < 1.29 is 26.3 Å². The van der Waals surface area contributed by atoms with Crippen molar-refractivity contribution in [1.82, 2.24) is 0 Å². The van der Waals surface area contributed by atoms with Gasteiger partial charge < -0.3 is 0 Å². The first-order chi connectivity index (χ1) is 15.8. The van der Waals surface area contributed by atoms with Gasteiger partial charge in [-0.05, 0) is 124 Å². The lowest BCUT2D eigenvalue weighted by molar-refractivity contribution is -0.142. The fourth-order valence-corrected chi connectivity index (χ4v) is 7.21. The molecule has 4 rings (SSSR count). The van der Waals surface area contributed by atoms with E-state index < -0.39 is 23.4 Å². The van der Waals surface area contributed by atoms with Crippen molar-refractivity contribution in [2.45, 2.75) is 95.6 Å². The lowest BCUT2D eigenvalue weighted by atomic mass is 9.64. The molecule has 33 heavy (non-hydrogen) atoms. The molecule has 0 radical (unpaired) electrons. The van der Waals surface area contributed by atoms with Crippen LogP contribution in [0.25, 0.3) is 0 Å². The van der Waals surface area contributed by atoms with E-state index in [0.717, 1.165) is 56.1 Å². The van der Waals surface area contributed by atoms with Crippen LogP contribution in [-0.4, -0.2) is 6.67 Å². The average Bonchev–Trinajstić information content (AvgIpc) is 2.79. The van der Waals surface area contributed by atoms with E-state index in [9.17, 15) is 26.3 Å². The maximum absolute atomic E-state index is 14.0. The number of rotatable bonds is 5. The second-order valence-electron chi connectivity index (χ2n) is 10.9. The van der Waals surface area contributed by atoms with Gasteiger partial charge in [0.05, 0.1) is 6.67 Å². The SMILES string of the molecule is FCCC1CCC(C2CCC(C3CCC(c4cc(F)c(C(F)(F)F)c(F)c4)CC3)CC2)CC1. The highest BCUT2D eigenvalue weighted by molar-refractivity contribution is 5.30. The zero-order valence-corrected chi connectivity index (χ0v) is 19.3. The normalized spacial score (nSPS) is 33.8. The highest BCUT2D eigenvalue weighted by Gasteiger charge is 2.39. The molecule has 3 aliphatic rings. The average molecular weight is 475 g/mol. The molecule has 0 amide bonds. The Hall–Kier alpha value is -1.20. The Morgan fingerprint density at radius 2 is 1.03 bits per heavy atom. The molecule has 0 atom stereocenters. The van der Waals surface area contributed by atoms with Crippen LogP contribution in [0.4, 0.5) is 26.3 Å². The van der Waals surface area contributed by atoms with E-state index in [2.05, 4.69) is 0 Å². The van der Waals surface area contributed by atoms with Gasteiger partial charge in [-0.3, -0.25) is 4.39 Å². The van der Waals surface area contributed by atoms with Gasteiger partial charge in [-0.25, -0.2) is 8.78 Å². The van der Waals surface area contributed by atoms with Crippen LogP contribution < -0.4 is 0 Å². The van der Waals surface area contributed by atoms with E-state index in [1.807, 2.05) is 0 Å². The summed E-state index contributed by atoms with van der Waals surface area (Å²) in [6.45, 7) is -0.189. The first-order valence-electron chi connectivity index (χ1n) is 12.9. The van der Waals surface area contributed by atoms with Crippen LogP contribution in [0.5, 0.6) is 0 Å². The number of alkyl halides is 4. The standard InChI is InChI=1S/C27H36F6/c28-14-13-17-1-3-18(4-2-17)19-5-7-20(8-6-19)21-9-11-22(12-10-21)23-15-24(29)26(25(30)16-23)27(31,32)33/h15-22H,1-14H2. The summed E-state index contributed by atoms with van der Waals surface area (Å²) in [5, 5.41) is 0. The van der Waals surface area contributed by atoms with Crippen LogP contribution in [-0.2, 0) is 6.18 Å². The van der Waals surface area contributed by atoms with E-state index in [1.165, 1.54) is 51.4 Å². The van der Waals surface area contributed by atoms with Gasteiger partial charge in [0.2, 0.25) is 0 Å². The topological polar surface area (TPSA) is 0 Å². The first-order valence-corrected chi connectivity index (χ1v) is 12.9. The summed E-state index contributed by atoms with van der Waals surface area (Å²) in [6, 6.07) is 1.79. The highest BCUT2D eigenvalue weighted by atomic mass is 19.4. The second-order valence-corrected chi connectivity index (χ2v) is 10.9. The molecule has 186 valence electrons. The Bertz CT molecular complexity index is 740. The monoisotopic (exact) mass is 474 g/mol. The molecule has 3 aliphatic carbocycles.